The summed E-state index contributed by atoms with van der Waals surface area (Å²) in [6, 6.07) is 6.64. The van der Waals surface area contributed by atoms with E-state index >= 15 is 0 Å². The van der Waals surface area contributed by atoms with E-state index in [-0.39, 0.29) is 23.3 Å². The molecule has 0 spiro atoms. The van der Waals surface area contributed by atoms with Gasteiger partial charge in [-0.1, -0.05) is 6.07 Å². The topological polar surface area (TPSA) is 117 Å². The van der Waals surface area contributed by atoms with Gasteiger partial charge < -0.3 is 5.32 Å². The predicted molar refractivity (Wildman–Crippen MR) is 105 cm³/mol. The Morgan fingerprint density at radius 3 is 2.62 bits per heavy atom. The number of aromatic nitrogens is 6. The molecule has 0 aliphatic rings. The molecule has 146 valence electrons. The monoisotopic (exact) mass is 391 g/mol. The average molecular weight is 391 g/mol. The zero-order chi connectivity index (χ0) is 20.5. The number of rotatable bonds is 4. The molecule has 0 saturated heterocycles. The first-order valence-corrected chi connectivity index (χ1v) is 8.74. The molecule has 0 aliphatic carbocycles. The maximum atomic E-state index is 12.5. The van der Waals surface area contributed by atoms with E-state index in [9.17, 15) is 14.4 Å². The van der Waals surface area contributed by atoms with Gasteiger partial charge in [0.25, 0.3) is 11.5 Å². The van der Waals surface area contributed by atoms with Crippen molar-refractivity contribution in [1.29, 1.82) is 0 Å². The van der Waals surface area contributed by atoms with E-state index in [0.29, 0.717) is 0 Å². The van der Waals surface area contributed by atoms with Crippen molar-refractivity contribution in [2.45, 2.75) is 6.54 Å². The van der Waals surface area contributed by atoms with Crippen LogP contribution in [0.5, 0.6) is 0 Å². The van der Waals surface area contributed by atoms with Crippen LogP contribution in [0.3, 0.4) is 0 Å². The molecule has 0 unspecified atom stereocenters. The van der Waals surface area contributed by atoms with Gasteiger partial charge in [0, 0.05) is 39.2 Å². The van der Waals surface area contributed by atoms with Crippen molar-refractivity contribution in [3.8, 4) is 5.82 Å². The summed E-state index contributed by atoms with van der Waals surface area (Å²) in [5, 5.41) is 3.03. The summed E-state index contributed by atoms with van der Waals surface area (Å²) < 4.78 is 4.02. The van der Waals surface area contributed by atoms with Gasteiger partial charge in [-0.25, -0.2) is 19.7 Å². The number of nitrogens with zero attached hydrogens (tertiary/aromatic N) is 6. The molecule has 4 aromatic heterocycles. The van der Waals surface area contributed by atoms with Gasteiger partial charge in [0.05, 0.1) is 5.39 Å². The molecule has 10 heteroatoms. The number of carbonyl (C=O) groups is 1. The van der Waals surface area contributed by atoms with Crippen LogP contribution in [0.1, 0.15) is 16.1 Å². The lowest BCUT2D eigenvalue weighted by Gasteiger charge is -2.09. The number of nitrogens with one attached hydrogen (secondary N) is 1. The number of imidazole rings is 1. The number of carbonyl (C=O) groups excluding carboxylic acids is 1. The largest absolute Gasteiger partial charge is 0.347 e. The standard InChI is InChI=1S/C19H17N7O3/c1-24-16-13(18(28)25(2)19(24)29)4-5-14(23-16)17(27)22-10-12-3-6-15(21-9-12)26-8-7-20-11-26/h3-9,11H,10H2,1-2H3,(H,22,27). The maximum Gasteiger partial charge on any atom is 0.332 e. The molecule has 4 aromatic rings. The fourth-order valence-corrected chi connectivity index (χ4v) is 2.92. The molecule has 0 atom stereocenters. The molecule has 0 radical (unpaired) electrons. The lowest BCUT2D eigenvalue weighted by Crippen LogP contribution is -2.37. The highest BCUT2D eigenvalue weighted by Gasteiger charge is 2.13. The Balaban J connectivity index is 1.53. The molecular weight excluding hydrogens is 374 g/mol. The van der Waals surface area contributed by atoms with Crippen molar-refractivity contribution < 1.29 is 4.79 Å². The second-order valence-electron chi connectivity index (χ2n) is 6.45. The summed E-state index contributed by atoms with van der Waals surface area (Å²) in [7, 11) is 2.91. The average Bonchev–Trinajstić information content (AvgIpc) is 3.29. The number of hydrogen-bond donors (Lipinski definition) is 1. The lowest BCUT2D eigenvalue weighted by molar-refractivity contribution is 0.0946. The second kappa shape index (κ2) is 7.15. The Labute approximate surface area is 164 Å². The van der Waals surface area contributed by atoms with Crippen LogP contribution in [-0.4, -0.2) is 34.6 Å². The smallest absolute Gasteiger partial charge is 0.332 e. The highest BCUT2D eigenvalue weighted by atomic mass is 16.2. The SMILES string of the molecule is Cn1c(=O)c2ccc(C(=O)NCc3ccc(-n4ccnc4)nc3)nc2n(C)c1=O. The summed E-state index contributed by atoms with van der Waals surface area (Å²) in [5.74, 6) is 0.301. The van der Waals surface area contributed by atoms with E-state index < -0.39 is 17.2 Å². The molecular formula is C19H17N7O3. The molecule has 0 fully saturated rings. The van der Waals surface area contributed by atoms with Crippen LogP contribution >= 0.6 is 0 Å². The van der Waals surface area contributed by atoms with E-state index in [0.717, 1.165) is 15.9 Å². The molecule has 1 amide bonds. The maximum absolute atomic E-state index is 12.5. The quantitative estimate of drug-likeness (QED) is 0.529. The van der Waals surface area contributed by atoms with E-state index in [2.05, 4.69) is 20.3 Å². The van der Waals surface area contributed by atoms with Crippen molar-refractivity contribution in [3.05, 3.63) is 81.3 Å². The molecule has 1 N–H and O–H groups in total. The third-order valence-corrected chi connectivity index (χ3v) is 4.57. The summed E-state index contributed by atoms with van der Waals surface area (Å²) in [4.78, 5) is 49.3. The van der Waals surface area contributed by atoms with Crippen molar-refractivity contribution in [2.75, 3.05) is 0 Å². The Morgan fingerprint density at radius 2 is 1.93 bits per heavy atom. The minimum Gasteiger partial charge on any atom is -0.347 e. The first-order chi connectivity index (χ1) is 14.0. The molecule has 0 bridgehead atoms. The van der Waals surface area contributed by atoms with E-state index in [1.165, 1.54) is 30.8 Å². The van der Waals surface area contributed by atoms with Crippen LogP contribution in [0.25, 0.3) is 16.9 Å². The number of pyridine rings is 2. The second-order valence-corrected chi connectivity index (χ2v) is 6.45. The minimum atomic E-state index is -0.503. The first-order valence-electron chi connectivity index (χ1n) is 8.74. The first kappa shape index (κ1) is 18.3. The van der Waals surface area contributed by atoms with Gasteiger partial charge in [-0.05, 0) is 23.8 Å². The molecule has 0 aliphatic heterocycles. The number of fused-ring (bicyclic) bond motifs is 1. The van der Waals surface area contributed by atoms with E-state index in [1.54, 1.807) is 29.5 Å². The summed E-state index contributed by atoms with van der Waals surface area (Å²) >= 11 is 0. The zero-order valence-electron chi connectivity index (χ0n) is 15.7. The van der Waals surface area contributed by atoms with Crippen molar-refractivity contribution in [1.82, 2.24) is 34.0 Å². The highest BCUT2D eigenvalue weighted by molar-refractivity contribution is 5.94. The van der Waals surface area contributed by atoms with Gasteiger partial charge >= 0.3 is 5.69 Å². The molecule has 10 nitrogen and oxygen atoms in total. The summed E-state index contributed by atoms with van der Waals surface area (Å²) in [6.07, 6.45) is 6.76. The van der Waals surface area contributed by atoms with Crippen molar-refractivity contribution in [3.63, 3.8) is 0 Å². The van der Waals surface area contributed by atoms with Crippen LogP contribution in [0.4, 0.5) is 0 Å². The van der Waals surface area contributed by atoms with Crippen molar-refractivity contribution in [2.24, 2.45) is 14.1 Å². The Bertz CT molecular complexity index is 1320. The van der Waals surface area contributed by atoms with Gasteiger partial charge in [-0.3, -0.25) is 23.3 Å². The van der Waals surface area contributed by atoms with Gasteiger partial charge in [0.15, 0.2) is 0 Å². The summed E-state index contributed by atoms with van der Waals surface area (Å²) in [5.41, 5.74) is 0.133. The molecule has 4 heterocycles. The highest BCUT2D eigenvalue weighted by Crippen LogP contribution is 2.08. The van der Waals surface area contributed by atoms with Crippen LogP contribution in [-0.2, 0) is 20.6 Å². The van der Waals surface area contributed by atoms with Crippen LogP contribution in [0.2, 0.25) is 0 Å². The molecule has 0 saturated carbocycles. The third kappa shape index (κ3) is 3.31. The minimum absolute atomic E-state index is 0.115. The van der Waals surface area contributed by atoms with Gasteiger partial charge in [-0.2, -0.15) is 0 Å². The number of aryl methyl sites for hydroxylation is 1. The van der Waals surface area contributed by atoms with Gasteiger partial charge in [0.1, 0.15) is 23.5 Å². The number of hydrogen-bond acceptors (Lipinski definition) is 6. The fraction of sp³-hybridized carbons (Fsp3) is 0.158. The third-order valence-electron chi connectivity index (χ3n) is 4.57. The molecule has 29 heavy (non-hydrogen) atoms. The Hall–Kier alpha value is -4.08. The lowest BCUT2D eigenvalue weighted by atomic mass is 10.2. The van der Waals surface area contributed by atoms with E-state index in [4.69, 9.17) is 0 Å². The normalized spacial score (nSPS) is 11.0. The van der Waals surface area contributed by atoms with E-state index in [1.807, 2.05) is 12.1 Å². The van der Waals surface area contributed by atoms with Gasteiger partial charge in [-0.15, -0.1) is 0 Å². The zero-order valence-corrected chi connectivity index (χ0v) is 15.7. The van der Waals surface area contributed by atoms with Crippen LogP contribution in [0.15, 0.2) is 58.8 Å². The predicted octanol–water partition coefficient (Wildman–Crippen LogP) is 0.143. The number of amides is 1. The van der Waals surface area contributed by atoms with Crippen molar-refractivity contribution >= 4 is 16.9 Å². The van der Waals surface area contributed by atoms with Crippen LogP contribution < -0.4 is 16.6 Å². The van der Waals surface area contributed by atoms with Crippen LogP contribution in [0, 0.1) is 0 Å². The molecule has 4 rings (SSSR count). The van der Waals surface area contributed by atoms with Gasteiger partial charge in [0.2, 0.25) is 0 Å². The fourth-order valence-electron chi connectivity index (χ4n) is 2.92. The molecule has 0 aromatic carbocycles. The Kier molecular flexibility index (Phi) is 4.51. The summed E-state index contributed by atoms with van der Waals surface area (Å²) in [6.45, 7) is 0.255. The Morgan fingerprint density at radius 1 is 1.10 bits per heavy atom.